The van der Waals surface area contributed by atoms with Crippen LogP contribution in [-0.2, 0) is 6.42 Å². The number of rotatable bonds is 5. The average molecular weight is 341 g/mol. The maximum Gasteiger partial charge on any atom is 0.122 e. The van der Waals surface area contributed by atoms with Crippen molar-refractivity contribution in [1.82, 2.24) is 5.43 Å². The molecule has 20 heavy (non-hydrogen) atoms. The van der Waals surface area contributed by atoms with Gasteiger partial charge in [-0.15, -0.1) is 0 Å². The molecule has 1 aromatic carbocycles. The molecule has 1 aliphatic carbocycles. The Morgan fingerprint density at radius 3 is 2.60 bits per heavy atom. The number of benzene rings is 1. The lowest BCUT2D eigenvalue weighted by Crippen LogP contribution is -2.42. The fourth-order valence-electron chi connectivity index (χ4n) is 3.22. The summed E-state index contributed by atoms with van der Waals surface area (Å²) in [6.07, 6.45) is 8.89. The van der Waals surface area contributed by atoms with Crippen LogP contribution in [0.25, 0.3) is 0 Å². The van der Waals surface area contributed by atoms with Gasteiger partial charge in [0.05, 0.1) is 7.11 Å². The fourth-order valence-corrected chi connectivity index (χ4v) is 3.63. The first-order chi connectivity index (χ1) is 9.74. The Hall–Kier alpha value is -0.580. The molecule has 0 bridgehead atoms. The molecule has 0 aliphatic heterocycles. The van der Waals surface area contributed by atoms with E-state index in [2.05, 4.69) is 27.4 Å². The molecule has 0 heterocycles. The number of hydrogen-bond donors (Lipinski definition) is 2. The van der Waals surface area contributed by atoms with Gasteiger partial charge in [-0.1, -0.05) is 41.6 Å². The van der Waals surface area contributed by atoms with Crippen LogP contribution in [0.1, 0.15) is 44.1 Å². The van der Waals surface area contributed by atoms with Gasteiger partial charge in [0.1, 0.15) is 5.75 Å². The zero-order valence-electron chi connectivity index (χ0n) is 12.2. The molecule has 1 aromatic rings. The summed E-state index contributed by atoms with van der Waals surface area (Å²) in [5.41, 5.74) is 4.26. The summed E-state index contributed by atoms with van der Waals surface area (Å²) in [6, 6.07) is 6.50. The van der Waals surface area contributed by atoms with Crippen LogP contribution < -0.4 is 16.0 Å². The first kappa shape index (κ1) is 15.8. The normalized spacial score (nSPS) is 18.6. The van der Waals surface area contributed by atoms with Crippen LogP contribution in [0.3, 0.4) is 0 Å². The van der Waals surface area contributed by atoms with Crippen LogP contribution in [0.2, 0.25) is 0 Å². The van der Waals surface area contributed by atoms with Crippen LogP contribution >= 0.6 is 15.9 Å². The molecule has 1 aliphatic rings. The van der Waals surface area contributed by atoms with Crippen molar-refractivity contribution in [3.63, 3.8) is 0 Å². The first-order valence-electron chi connectivity index (χ1n) is 7.53. The van der Waals surface area contributed by atoms with Gasteiger partial charge in [-0.3, -0.25) is 11.3 Å². The lowest BCUT2D eigenvalue weighted by Gasteiger charge is -2.26. The van der Waals surface area contributed by atoms with E-state index in [1.807, 2.05) is 12.1 Å². The van der Waals surface area contributed by atoms with E-state index < -0.39 is 0 Å². The van der Waals surface area contributed by atoms with Crippen molar-refractivity contribution < 1.29 is 4.74 Å². The van der Waals surface area contributed by atoms with Crippen LogP contribution in [0.15, 0.2) is 22.7 Å². The first-order valence-corrected chi connectivity index (χ1v) is 8.32. The van der Waals surface area contributed by atoms with Crippen molar-refractivity contribution in [2.24, 2.45) is 11.8 Å². The Kier molecular flexibility index (Phi) is 6.33. The third-order valence-corrected chi connectivity index (χ3v) is 4.86. The third-order valence-electron chi connectivity index (χ3n) is 4.37. The molecule has 4 heteroatoms. The standard InChI is InChI=1S/C16H25BrN2O/c1-20-16-9-8-14(17)10-13(16)11-15(19-18)12-6-4-2-3-5-7-12/h8-10,12,15,19H,2-7,11,18H2,1H3. The van der Waals surface area contributed by atoms with Crippen molar-refractivity contribution in [2.45, 2.75) is 51.0 Å². The van der Waals surface area contributed by atoms with Crippen LogP contribution in [0, 0.1) is 5.92 Å². The summed E-state index contributed by atoms with van der Waals surface area (Å²) < 4.78 is 6.56. The van der Waals surface area contributed by atoms with Gasteiger partial charge in [-0.05, 0) is 48.9 Å². The van der Waals surface area contributed by atoms with Crippen molar-refractivity contribution in [2.75, 3.05) is 7.11 Å². The molecule has 1 atom stereocenters. The largest absolute Gasteiger partial charge is 0.496 e. The average Bonchev–Trinajstić information content (AvgIpc) is 2.74. The highest BCUT2D eigenvalue weighted by molar-refractivity contribution is 9.10. The number of hydrazine groups is 1. The number of ether oxygens (including phenoxy) is 1. The predicted molar refractivity (Wildman–Crippen MR) is 86.7 cm³/mol. The highest BCUT2D eigenvalue weighted by atomic mass is 79.9. The molecule has 3 nitrogen and oxygen atoms in total. The Morgan fingerprint density at radius 2 is 2.00 bits per heavy atom. The van der Waals surface area contributed by atoms with Crippen molar-refractivity contribution in [3.8, 4) is 5.75 Å². The van der Waals surface area contributed by atoms with Gasteiger partial charge in [0.15, 0.2) is 0 Å². The van der Waals surface area contributed by atoms with Crippen molar-refractivity contribution in [1.29, 1.82) is 0 Å². The Labute approximate surface area is 130 Å². The van der Waals surface area contributed by atoms with Gasteiger partial charge < -0.3 is 4.74 Å². The van der Waals surface area contributed by atoms with Gasteiger partial charge in [0, 0.05) is 10.5 Å². The molecule has 1 unspecified atom stereocenters. The van der Waals surface area contributed by atoms with Crippen molar-refractivity contribution >= 4 is 15.9 Å². The molecule has 0 spiro atoms. The van der Waals surface area contributed by atoms with Gasteiger partial charge in [0.2, 0.25) is 0 Å². The number of nitrogens with two attached hydrogens (primary N) is 1. The van der Waals surface area contributed by atoms with Crippen molar-refractivity contribution in [3.05, 3.63) is 28.2 Å². The predicted octanol–water partition coefficient (Wildman–Crippen LogP) is 3.80. The minimum Gasteiger partial charge on any atom is -0.496 e. The van der Waals surface area contributed by atoms with E-state index >= 15 is 0 Å². The van der Waals surface area contributed by atoms with E-state index in [4.69, 9.17) is 10.6 Å². The summed E-state index contributed by atoms with van der Waals surface area (Å²) >= 11 is 3.54. The van der Waals surface area contributed by atoms with Gasteiger partial charge in [-0.2, -0.15) is 0 Å². The number of halogens is 1. The maximum atomic E-state index is 5.83. The minimum atomic E-state index is 0.330. The molecule has 0 saturated heterocycles. The van der Waals surface area contributed by atoms with Gasteiger partial charge >= 0.3 is 0 Å². The summed E-state index contributed by atoms with van der Waals surface area (Å²) in [6.45, 7) is 0. The second-order valence-electron chi connectivity index (χ2n) is 5.69. The Balaban J connectivity index is 2.10. The monoisotopic (exact) mass is 340 g/mol. The maximum absolute atomic E-state index is 5.83. The summed E-state index contributed by atoms with van der Waals surface area (Å²) in [7, 11) is 1.73. The Bertz CT molecular complexity index is 417. The highest BCUT2D eigenvalue weighted by Gasteiger charge is 2.23. The van der Waals surface area contributed by atoms with E-state index in [0.29, 0.717) is 12.0 Å². The lowest BCUT2D eigenvalue weighted by atomic mass is 9.88. The van der Waals surface area contributed by atoms with Gasteiger partial charge in [0.25, 0.3) is 0 Å². The van der Waals surface area contributed by atoms with E-state index in [1.165, 1.54) is 44.1 Å². The van der Waals surface area contributed by atoms with Crippen LogP contribution in [0.5, 0.6) is 5.75 Å². The minimum absolute atomic E-state index is 0.330. The van der Waals surface area contributed by atoms with Crippen LogP contribution in [0.4, 0.5) is 0 Å². The van der Waals surface area contributed by atoms with E-state index in [-0.39, 0.29) is 0 Å². The van der Waals surface area contributed by atoms with E-state index in [9.17, 15) is 0 Å². The Morgan fingerprint density at radius 1 is 1.30 bits per heavy atom. The molecule has 0 radical (unpaired) electrons. The zero-order valence-corrected chi connectivity index (χ0v) is 13.8. The van der Waals surface area contributed by atoms with E-state index in [1.54, 1.807) is 7.11 Å². The molecule has 1 saturated carbocycles. The second-order valence-corrected chi connectivity index (χ2v) is 6.60. The molecule has 3 N–H and O–H groups in total. The number of nitrogens with one attached hydrogen (secondary N) is 1. The smallest absolute Gasteiger partial charge is 0.122 e. The van der Waals surface area contributed by atoms with Gasteiger partial charge in [-0.25, -0.2) is 0 Å². The van der Waals surface area contributed by atoms with Crippen LogP contribution in [-0.4, -0.2) is 13.2 Å². The zero-order chi connectivity index (χ0) is 14.4. The molecular formula is C16H25BrN2O. The topological polar surface area (TPSA) is 47.3 Å². The third kappa shape index (κ3) is 4.21. The van der Waals surface area contributed by atoms with E-state index in [0.717, 1.165) is 16.6 Å². The molecular weight excluding hydrogens is 316 g/mol. The molecule has 0 aromatic heterocycles. The number of methoxy groups -OCH3 is 1. The summed E-state index contributed by atoms with van der Waals surface area (Å²) in [5.74, 6) is 7.45. The summed E-state index contributed by atoms with van der Waals surface area (Å²) in [4.78, 5) is 0. The number of hydrogen-bond acceptors (Lipinski definition) is 3. The fraction of sp³-hybridized carbons (Fsp3) is 0.625. The molecule has 1 fully saturated rings. The molecule has 0 amide bonds. The highest BCUT2D eigenvalue weighted by Crippen LogP contribution is 2.30. The lowest BCUT2D eigenvalue weighted by molar-refractivity contribution is 0.316. The summed E-state index contributed by atoms with van der Waals surface area (Å²) in [5, 5.41) is 0. The molecule has 2 rings (SSSR count). The quantitative estimate of drug-likeness (QED) is 0.486. The molecule has 112 valence electrons. The SMILES string of the molecule is COc1ccc(Br)cc1CC(NN)C1CCCCCC1. The second kappa shape index (κ2) is 8.01.